The molecule has 0 aliphatic rings. The van der Waals surface area contributed by atoms with Gasteiger partial charge in [0, 0.05) is 23.6 Å². The number of thiophene rings is 1. The summed E-state index contributed by atoms with van der Waals surface area (Å²) in [4.78, 5) is 22.4. The van der Waals surface area contributed by atoms with E-state index in [1.54, 1.807) is 12.1 Å². The molecule has 0 radical (unpaired) electrons. The lowest BCUT2D eigenvalue weighted by molar-refractivity contribution is -0.380. The van der Waals surface area contributed by atoms with Gasteiger partial charge in [-0.2, -0.15) is 0 Å². The zero-order valence-electron chi connectivity index (χ0n) is 11.4. The molecule has 5 nitrogen and oxygen atoms in total. The van der Waals surface area contributed by atoms with E-state index >= 15 is 0 Å². The number of carbonyl (C=O) groups excluding carboxylic acids is 1. The highest BCUT2D eigenvalue weighted by atomic mass is 32.1. The van der Waals surface area contributed by atoms with E-state index in [9.17, 15) is 14.9 Å². The van der Waals surface area contributed by atoms with Gasteiger partial charge >= 0.3 is 5.00 Å². The standard InChI is InChI=1S/C15H14N2O3S/c1-11-2-4-12(5-3-11)10-16-14(18)8-6-13-7-9-15(21-13)17(19)20/h2-9H,10H2,1H3,(H,16,18)/b8-6+. The lowest BCUT2D eigenvalue weighted by atomic mass is 10.1. The molecule has 1 heterocycles. The molecular formula is C15H14N2O3S. The van der Waals surface area contributed by atoms with E-state index in [1.165, 1.54) is 17.7 Å². The molecule has 2 aromatic rings. The van der Waals surface area contributed by atoms with Crippen molar-refractivity contribution < 1.29 is 9.72 Å². The third kappa shape index (κ3) is 4.54. The normalized spacial score (nSPS) is 10.7. The van der Waals surface area contributed by atoms with Crippen molar-refractivity contribution in [1.29, 1.82) is 0 Å². The maximum absolute atomic E-state index is 11.7. The summed E-state index contributed by atoms with van der Waals surface area (Å²) in [5, 5.41) is 13.4. The molecule has 0 unspecified atom stereocenters. The fourth-order valence-electron chi connectivity index (χ4n) is 1.64. The largest absolute Gasteiger partial charge is 0.348 e. The van der Waals surface area contributed by atoms with Crippen molar-refractivity contribution in [1.82, 2.24) is 5.32 Å². The molecule has 0 atom stereocenters. The molecule has 1 amide bonds. The summed E-state index contributed by atoms with van der Waals surface area (Å²) in [6.45, 7) is 2.46. The molecule has 0 saturated carbocycles. The lowest BCUT2D eigenvalue weighted by Crippen LogP contribution is -2.20. The monoisotopic (exact) mass is 302 g/mol. The first kappa shape index (κ1) is 14.9. The first-order chi connectivity index (χ1) is 10.0. The van der Waals surface area contributed by atoms with Crippen LogP contribution in [0.5, 0.6) is 0 Å². The molecule has 6 heteroatoms. The number of hydrogen-bond acceptors (Lipinski definition) is 4. The first-order valence-electron chi connectivity index (χ1n) is 6.30. The van der Waals surface area contributed by atoms with E-state index in [1.807, 2.05) is 31.2 Å². The number of nitrogens with zero attached hydrogens (tertiary/aromatic N) is 1. The van der Waals surface area contributed by atoms with E-state index in [4.69, 9.17) is 0 Å². The van der Waals surface area contributed by atoms with Gasteiger partial charge in [-0.05, 0) is 24.6 Å². The maximum Gasteiger partial charge on any atom is 0.324 e. The smallest absolute Gasteiger partial charge is 0.324 e. The quantitative estimate of drug-likeness (QED) is 0.523. The molecule has 21 heavy (non-hydrogen) atoms. The number of benzene rings is 1. The highest BCUT2D eigenvalue weighted by Gasteiger charge is 2.07. The number of nitrogens with one attached hydrogen (secondary N) is 1. The molecule has 0 aliphatic heterocycles. The Balaban J connectivity index is 1.87. The number of nitro groups is 1. The molecule has 0 bridgehead atoms. The zero-order valence-corrected chi connectivity index (χ0v) is 12.2. The van der Waals surface area contributed by atoms with E-state index < -0.39 is 4.92 Å². The van der Waals surface area contributed by atoms with Crippen molar-refractivity contribution in [3.8, 4) is 0 Å². The van der Waals surface area contributed by atoms with E-state index in [2.05, 4.69) is 5.32 Å². The van der Waals surface area contributed by atoms with Crippen molar-refractivity contribution in [2.24, 2.45) is 0 Å². The highest BCUT2D eigenvalue weighted by Crippen LogP contribution is 2.24. The van der Waals surface area contributed by atoms with Crippen molar-refractivity contribution in [2.75, 3.05) is 0 Å². The van der Waals surface area contributed by atoms with Crippen LogP contribution in [0.25, 0.3) is 6.08 Å². The molecule has 0 aliphatic carbocycles. The van der Waals surface area contributed by atoms with Crippen LogP contribution in [0.15, 0.2) is 42.5 Å². The average Bonchev–Trinajstić information content (AvgIpc) is 2.93. The molecule has 108 valence electrons. The third-order valence-corrected chi connectivity index (χ3v) is 3.78. The van der Waals surface area contributed by atoms with Crippen LogP contribution < -0.4 is 5.32 Å². The second-order valence-electron chi connectivity index (χ2n) is 4.47. The highest BCUT2D eigenvalue weighted by molar-refractivity contribution is 7.16. The molecule has 1 aromatic carbocycles. The number of rotatable bonds is 5. The summed E-state index contributed by atoms with van der Waals surface area (Å²) in [5.74, 6) is -0.230. The van der Waals surface area contributed by atoms with Crippen LogP contribution in [-0.4, -0.2) is 10.8 Å². The Morgan fingerprint density at radius 3 is 2.62 bits per heavy atom. The number of hydrogen-bond donors (Lipinski definition) is 1. The Hall–Kier alpha value is -2.47. The van der Waals surface area contributed by atoms with E-state index in [0.29, 0.717) is 11.4 Å². The van der Waals surface area contributed by atoms with Crippen LogP contribution in [0.4, 0.5) is 5.00 Å². The van der Waals surface area contributed by atoms with Crippen LogP contribution in [-0.2, 0) is 11.3 Å². The Kier molecular flexibility index (Phi) is 4.84. The minimum atomic E-state index is -0.445. The van der Waals surface area contributed by atoms with Gasteiger partial charge in [0.2, 0.25) is 5.91 Å². The SMILES string of the molecule is Cc1ccc(CNC(=O)/C=C/c2ccc([N+](=O)[O-])s2)cc1. The molecule has 1 aromatic heterocycles. The summed E-state index contributed by atoms with van der Waals surface area (Å²) in [6, 6.07) is 10.9. The van der Waals surface area contributed by atoms with Crippen LogP contribution in [0, 0.1) is 17.0 Å². The summed E-state index contributed by atoms with van der Waals surface area (Å²) in [5.41, 5.74) is 2.19. The van der Waals surface area contributed by atoms with Crippen molar-refractivity contribution in [3.63, 3.8) is 0 Å². The summed E-state index contributed by atoms with van der Waals surface area (Å²) in [6.07, 6.45) is 2.95. The lowest BCUT2D eigenvalue weighted by Gasteiger charge is -2.02. The van der Waals surface area contributed by atoms with Crippen LogP contribution >= 0.6 is 11.3 Å². The average molecular weight is 302 g/mol. The topological polar surface area (TPSA) is 72.2 Å². The first-order valence-corrected chi connectivity index (χ1v) is 7.12. The Morgan fingerprint density at radius 1 is 1.29 bits per heavy atom. The number of amides is 1. The van der Waals surface area contributed by atoms with E-state index in [-0.39, 0.29) is 10.9 Å². The molecule has 0 saturated heterocycles. The van der Waals surface area contributed by atoms with Crippen LogP contribution in [0.3, 0.4) is 0 Å². The van der Waals surface area contributed by atoms with Gasteiger partial charge in [0.05, 0.1) is 4.92 Å². The molecular weight excluding hydrogens is 288 g/mol. The fraction of sp³-hybridized carbons (Fsp3) is 0.133. The van der Waals surface area contributed by atoms with Gasteiger partial charge in [-0.1, -0.05) is 41.2 Å². The van der Waals surface area contributed by atoms with Crippen LogP contribution in [0.2, 0.25) is 0 Å². The van der Waals surface area contributed by atoms with E-state index in [0.717, 1.165) is 16.9 Å². The predicted octanol–water partition coefficient (Wildman–Crippen LogP) is 3.29. The van der Waals surface area contributed by atoms with Crippen LogP contribution in [0.1, 0.15) is 16.0 Å². The molecule has 0 fully saturated rings. The Labute approximate surface area is 126 Å². The second-order valence-corrected chi connectivity index (χ2v) is 5.56. The molecule has 1 N–H and O–H groups in total. The van der Waals surface area contributed by atoms with Gasteiger partial charge in [-0.3, -0.25) is 14.9 Å². The van der Waals surface area contributed by atoms with Crippen molar-refractivity contribution in [3.05, 3.63) is 68.6 Å². The number of aryl methyl sites for hydroxylation is 1. The zero-order chi connectivity index (χ0) is 15.2. The van der Waals surface area contributed by atoms with Crippen molar-refractivity contribution >= 4 is 28.3 Å². The summed E-state index contributed by atoms with van der Waals surface area (Å²) >= 11 is 1.03. The fourth-order valence-corrected chi connectivity index (χ4v) is 2.37. The van der Waals surface area contributed by atoms with Crippen molar-refractivity contribution in [2.45, 2.75) is 13.5 Å². The minimum Gasteiger partial charge on any atom is -0.348 e. The molecule has 2 rings (SSSR count). The summed E-state index contributed by atoms with van der Waals surface area (Å²) < 4.78 is 0. The van der Waals surface area contributed by atoms with Gasteiger partial charge in [0.25, 0.3) is 0 Å². The van der Waals surface area contributed by atoms with Gasteiger partial charge in [-0.15, -0.1) is 0 Å². The summed E-state index contributed by atoms with van der Waals surface area (Å²) in [7, 11) is 0. The Bertz CT molecular complexity index is 674. The van der Waals surface area contributed by atoms with Gasteiger partial charge in [-0.25, -0.2) is 0 Å². The minimum absolute atomic E-state index is 0.0645. The van der Waals surface area contributed by atoms with Gasteiger partial charge < -0.3 is 5.32 Å². The maximum atomic E-state index is 11.7. The third-order valence-electron chi connectivity index (χ3n) is 2.78. The second kappa shape index (κ2) is 6.81. The Morgan fingerprint density at radius 2 is 2.00 bits per heavy atom. The predicted molar refractivity (Wildman–Crippen MR) is 83.0 cm³/mol. The van der Waals surface area contributed by atoms with Gasteiger partial charge in [0.15, 0.2) is 0 Å². The van der Waals surface area contributed by atoms with Gasteiger partial charge in [0.1, 0.15) is 0 Å². The molecule has 0 spiro atoms. The number of carbonyl (C=O) groups is 1.